The monoisotopic (exact) mass is 262 g/mol. The third-order valence-electron chi connectivity index (χ3n) is 3.93. The molecule has 1 saturated heterocycles. The lowest BCUT2D eigenvalue weighted by atomic mass is 10.0. The van der Waals surface area contributed by atoms with E-state index >= 15 is 0 Å². The van der Waals surface area contributed by atoms with Crippen molar-refractivity contribution in [3.63, 3.8) is 0 Å². The number of benzene rings is 1. The predicted octanol–water partition coefficient (Wildman–Crippen LogP) is 2.14. The SMILES string of the molecule is CC(C)(C)N1CCN(c2ccc(CCO)cc2)CC1. The van der Waals surface area contributed by atoms with Crippen LogP contribution >= 0.6 is 0 Å². The zero-order valence-corrected chi connectivity index (χ0v) is 12.4. The van der Waals surface area contributed by atoms with Gasteiger partial charge in [-0.1, -0.05) is 12.1 Å². The summed E-state index contributed by atoms with van der Waals surface area (Å²) in [6.45, 7) is 11.5. The van der Waals surface area contributed by atoms with E-state index in [1.165, 1.54) is 11.3 Å². The van der Waals surface area contributed by atoms with Crippen LogP contribution in [0.5, 0.6) is 0 Å². The summed E-state index contributed by atoms with van der Waals surface area (Å²) in [6.07, 6.45) is 0.748. The number of hydrogen-bond acceptors (Lipinski definition) is 3. The number of aliphatic hydroxyl groups excluding tert-OH is 1. The highest BCUT2D eigenvalue weighted by Crippen LogP contribution is 2.21. The van der Waals surface area contributed by atoms with Crippen molar-refractivity contribution < 1.29 is 5.11 Å². The van der Waals surface area contributed by atoms with Crippen LogP contribution in [0.2, 0.25) is 0 Å². The highest BCUT2D eigenvalue weighted by molar-refractivity contribution is 5.48. The van der Waals surface area contributed by atoms with E-state index in [4.69, 9.17) is 5.11 Å². The molecule has 3 heteroatoms. The number of piperazine rings is 1. The summed E-state index contributed by atoms with van der Waals surface area (Å²) in [4.78, 5) is 4.99. The Hall–Kier alpha value is -1.06. The van der Waals surface area contributed by atoms with Crippen molar-refractivity contribution in [2.24, 2.45) is 0 Å². The molecule has 0 atom stereocenters. The van der Waals surface area contributed by atoms with E-state index < -0.39 is 0 Å². The zero-order valence-electron chi connectivity index (χ0n) is 12.4. The average Bonchev–Trinajstić information content (AvgIpc) is 2.39. The maximum atomic E-state index is 8.93. The first kappa shape index (κ1) is 14.4. The maximum absolute atomic E-state index is 8.93. The first-order valence-electron chi connectivity index (χ1n) is 7.20. The Morgan fingerprint density at radius 3 is 2.05 bits per heavy atom. The van der Waals surface area contributed by atoms with E-state index in [1.54, 1.807) is 0 Å². The summed E-state index contributed by atoms with van der Waals surface area (Å²) in [5.41, 5.74) is 2.78. The molecule has 1 heterocycles. The fourth-order valence-corrected chi connectivity index (χ4v) is 2.64. The van der Waals surface area contributed by atoms with Crippen LogP contribution in [0, 0.1) is 0 Å². The second-order valence-corrected chi connectivity index (χ2v) is 6.28. The molecule has 0 spiro atoms. The van der Waals surface area contributed by atoms with Crippen LogP contribution in [0.4, 0.5) is 5.69 Å². The van der Waals surface area contributed by atoms with E-state index in [1.807, 2.05) is 0 Å². The van der Waals surface area contributed by atoms with Gasteiger partial charge < -0.3 is 10.0 Å². The Labute approximate surface area is 116 Å². The summed E-state index contributed by atoms with van der Waals surface area (Å²) >= 11 is 0. The van der Waals surface area contributed by atoms with Gasteiger partial charge in [0.05, 0.1) is 0 Å². The predicted molar refractivity (Wildman–Crippen MR) is 80.8 cm³/mol. The number of aliphatic hydroxyl groups is 1. The standard InChI is InChI=1S/C16H26N2O/c1-16(2,3)18-11-9-17(10-12-18)15-6-4-14(5-7-15)8-13-19/h4-7,19H,8-13H2,1-3H3. The van der Waals surface area contributed by atoms with Gasteiger partial charge in [-0.2, -0.15) is 0 Å². The second-order valence-electron chi connectivity index (χ2n) is 6.28. The number of anilines is 1. The van der Waals surface area contributed by atoms with E-state index in [0.29, 0.717) is 0 Å². The molecule has 1 aromatic carbocycles. The molecule has 106 valence electrons. The van der Waals surface area contributed by atoms with Crippen LogP contribution in [0.15, 0.2) is 24.3 Å². The lowest BCUT2D eigenvalue weighted by molar-refractivity contribution is 0.128. The van der Waals surface area contributed by atoms with Crippen LogP contribution in [0.1, 0.15) is 26.3 Å². The molecule has 1 aliphatic heterocycles. The number of hydrogen-bond donors (Lipinski definition) is 1. The highest BCUT2D eigenvalue weighted by Gasteiger charge is 2.25. The second kappa shape index (κ2) is 5.93. The van der Waals surface area contributed by atoms with Gasteiger partial charge in [-0.3, -0.25) is 4.90 Å². The first-order valence-corrected chi connectivity index (χ1v) is 7.20. The third kappa shape index (κ3) is 3.71. The van der Waals surface area contributed by atoms with E-state index in [2.05, 4.69) is 54.8 Å². The Morgan fingerprint density at radius 2 is 1.58 bits per heavy atom. The Bertz CT molecular complexity index is 386. The van der Waals surface area contributed by atoms with Gasteiger partial charge in [0.2, 0.25) is 0 Å². The Morgan fingerprint density at radius 1 is 1.00 bits per heavy atom. The summed E-state index contributed by atoms with van der Waals surface area (Å²) in [7, 11) is 0. The smallest absolute Gasteiger partial charge is 0.0471 e. The van der Waals surface area contributed by atoms with Gasteiger partial charge in [-0.05, 0) is 44.9 Å². The minimum absolute atomic E-state index is 0.226. The summed E-state index contributed by atoms with van der Waals surface area (Å²) in [6, 6.07) is 8.61. The molecular weight excluding hydrogens is 236 g/mol. The molecule has 19 heavy (non-hydrogen) atoms. The first-order chi connectivity index (χ1) is 9.00. The Balaban J connectivity index is 1.94. The van der Waals surface area contributed by atoms with E-state index in [9.17, 15) is 0 Å². The fourth-order valence-electron chi connectivity index (χ4n) is 2.64. The van der Waals surface area contributed by atoms with Crippen molar-refractivity contribution in [1.29, 1.82) is 0 Å². The molecule has 2 rings (SSSR count). The molecule has 1 aromatic rings. The van der Waals surface area contributed by atoms with Gasteiger partial charge in [0.15, 0.2) is 0 Å². The molecule has 0 amide bonds. The molecule has 0 radical (unpaired) electrons. The highest BCUT2D eigenvalue weighted by atomic mass is 16.2. The average molecular weight is 262 g/mol. The molecule has 0 aliphatic carbocycles. The van der Waals surface area contributed by atoms with Crippen molar-refractivity contribution in [3.05, 3.63) is 29.8 Å². The topological polar surface area (TPSA) is 26.7 Å². The van der Waals surface area contributed by atoms with Crippen molar-refractivity contribution in [2.45, 2.75) is 32.7 Å². The molecule has 0 bridgehead atoms. The summed E-state index contributed by atoms with van der Waals surface area (Å²) in [5, 5.41) is 8.93. The minimum atomic E-state index is 0.226. The molecule has 0 unspecified atom stereocenters. The minimum Gasteiger partial charge on any atom is -0.396 e. The van der Waals surface area contributed by atoms with Crippen molar-refractivity contribution in [3.8, 4) is 0 Å². The molecule has 1 N–H and O–H groups in total. The van der Waals surface area contributed by atoms with Gasteiger partial charge in [0.25, 0.3) is 0 Å². The summed E-state index contributed by atoms with van der Waals surface area (Å²) in [5.74, 6) is 0. The summed E-state index contributed by atoms with van der Waals surface area (Å²) < 4.78 is 0. The third-order valence-corrected chi connectivity index (χ3v) is 3.93. The lowest BCUT2D eigenvalue weighted by Gasteiger charge is -2.43. The van der Waals surface area contributed by atoms with E-state index in [0.717, 1.165) is 32.6 Å². The quantitative estimate of drug-likeness (QED) is 0.904. The van der Waals surface area contributed by atoms with Gasteiger partial charge in [0.1, 0.15) is 0 Å². The lowest BCUT2D eigenvalue weighted by Crippen LogP contribution is -2.53. The molecule has 3 nitrogen and oxygen atoms in total. The fraction of sp³-hybridized carbons (Fsp3) is 0.625. The number of rotatable bonds is 3. The number of nitrogens with zero attached hydrogens (tertiary/aromatic N) is 2. The van der Waals surface area contributed by atoms with E-state index in [-0.39, 0.29) is 12.1 Å². The largest absolute Gasteiger partial charge is 0.396 e. The van der Waals surface area contributed by atoms with Crippen LogP contribution < -0.4 is 4.90 Å². The van der Waals surface area contributed by atoms with Gasteiger partial charge in [0, 0.05) is 44.0 Å². The van der Waals surface area contributed by atoms with Gasteiger partial charge >= 0.3 is 0 Å². The Kier molecular flexibility index (Phi) is 4.48. The molecule has 0 saturated carbocycles. The maximum Gasteiger partial charge on any atom is 0.0471 e. The normalized spacial score (nSPS) is 17.8. The zero-order chi connectivity index (χ0) is 13.9. The molecule has 0 aromatic heterocycles. The van der Waals surface area contributed by atoms with Gasteiger partial charge in [-0.15, -0.1) is 0 Å². The van der Waals surface area contributed by atoms with Crippen LogP contribution in [0.25, 0.3) is 0 Å². The molecule has 1 fully saturated rings. The van der Waals surface area contributed by atoms with Crippen LogP contribution in [-0.4, -0.2) is 48.3 Å². The van der Waals surface area contributed by atoms with Crippen LogP contribution in [-0.2, 0) is 6.42 Å². The van der Waals surface area contributed by atoms with Crippen molar-refractivity contribution in [2.75, 3.05) is 37.7 Å². The van der Waals surface area contributed by atoms with Crippen LogP contribution in [0.3, 0.4) is 0 Å². The van der Waals surface area contributed by atoms with Crippen molar-refractivity contribution in [1.82, 2.24) is 4.90 Å². The molecular formula is C16H26N2O. The van der Waals surface area contributed by atoms with Crippen molar-refractivity contribution >= 4 is 5.69 Å². The molecule has 1 aliphatic rings. The van der Waals surface area contributed by atoms with Gasteiger partial charge in [-0.25, -0.2) is 0 Å².